The van der Waals surface area contributed by atoms with Crippen LogP contribution in [0.3, 0.4) is 0 Å². The molecule has 0 aliphatic carbocycles. The molecule has 5 atom stereocenters. The maximum atomic E-state index is 13.5. The molecule has 3 amide bonds. The van der Waals surface area contributed by atoms with E-state index in [2.05, 4.69) is 10.6 Å². The summed E-state index contributed by atoms with van der Waals surface area (Å²) in [6.45, 7) is 5.00. The van der Waals surface area contributed by atoms with E-state index < -0.39 is 17.4 Å². The molecule has 7 heteroatoms. The minimum absolute atomic E-state index is 0.0992. The fourth-order valence-electron chi connectivity index (χ4n) is 5.50. The number of nitrogens with one attached hydrogen (secondary N) is 2. The topological polar surface area (TPSA) is 87.7 Å². The van der Waals surface area contributed by atoms with E-state index in [0.29, 0.717) is 12.3 Å². The Morgan fingerprint density at radius 2 is 2.00 bits per heavy atom. The molecule has 1 spiro atoms. The third-order valence-corrected chi connectivity index (χ3v) is 6.78. The smallest absolute Gasteiger partial charge is 0.250 e. The lowest BCUT2D eigenvalue weighted by molar-refractivity contribution is -0.144. The van der Waals surface area contributed by atoms with Crippen LogP contribution in [0.15, 0.2) is 24.3 Å². The average Bonchev–Trinajstić information content (AvgIpc) is 3.41. The van der Waals surface area contributed by atoms with Gasteiger partial charge in [-0.2, -0.15) is 0 Å². The number of fused-ring (bicyclic) bond motifs is 4. The number of likely N-dealkylation sites (tertiary alicyclic amines) is 1. The molecule has 7 nitrogen and oxygen atoms in total. The van der Waals surface area contributed by atoms with Gasteiger partial charge in [0, 0.05) is 23.9 Å². The van der Waals surface area contributed by atoms with Crippen LogP contribution in [0.1, 0.15) is 32.3 Å². The van der Waals surface area contributed by atoms with E-state index in [9.17, 15) is 14.4 Å². The molecule has 0 unspecified atom stereocenters. The molecule has 1 aromatic rings. The lowest BCUT2D eigenvalue weighted by atomic mass is 9.76. The van der Waals surface area contributed by atoms with Crippen molar-refractivity contribution in [3.63, 3.8) is 0 Å². The monoisotopic (exact) mass is 383 g/mol. The largest absolute Gasteiger partial charge is 0.376 e. The van der Waals surface area contributed by atoms with E-state index in [-0.39, 0.29) is 42.3 Å². The summed E-state index contributed by atoms with van der Waals surface area (Å²) in [5.41, 5.74) is 0.285. The van der Waals surface area contributed by atoms with Crippen molar-refractivity contribution in [1.29, 1.82) is 0 Å². The van der Waals surface area contributed by atoms with Crippen LogP contribution in [0.2, 0.25) is 0 Å². The van der Waals surface area contributed by atoms with E-state index in [1.54, 1.807) is 0 Å². The number of hydrogen-bond acceptors (Lipinski definition) is 5. The van der Waals surface area contributed by atoms with Crippen LogP contribution in [-0.2, 0) is 24.7 Å². The normalized spacial score (nSPS) is 36.5. The van der Waals surface area contributed by atoms with Gasteiger partial charge < -0.3 is 10.1 Å². The van der Waals surface area contributed by atoms with Crippen molar-refractivity contribution in [3.8, 4) is 0 Å². The fourth-order valence-corrected chi connectivity index (χ4v) is 5.50. The SMILES string of the molecule is CC(C)[C@H]1N[C@@]2(C(=O)Nc3ccccc32)[C@H]2C(=O)N(C[C@@H]3CCCO3)C(=O)[C@H]12. The van der Waals surface area contributed by atoms with E-state index >= 15 is 0 Å². The summed E-state index contributed by atoms with van der Waals surface area (Å²) in [6.07, 6.45) is 1.70. The van der Waals surface area contributed by atoms with Crippen LogP contribution < -0.4 is 10.6 Å². The van der Waals surface area contributed by atoms with E-state index in [1.807, 2.05) is 38.1 Å². The highest BCUT2D eigenvalue weighted by atomic mass is 16.5. The summed E-state index contributed by atoms with van der Waals surface area (Å²) in [5, 5.41) is 6.35. The molecule has 5 rings (SSSR count). The fraction of sp³-hybridized carbons (Fsp3) is 0.571. The van der Waals surface area contributed by atoms with Gasteiger partial charge in [0.25, 0.3) is 0 Å². The van der Waals surface area contributed by atoms with Gasteiger partial charge in [-0.15, -0.1) is 0 Å². The van der Waals surface area contributed by atoms with Crippen molar-refractivity contribution in [2.24, 2.45) is 17.8 Å². The quantitative estimate of drug-likeness (QED) is 0.767. The van der Waals surface area contributed by atoms with Crippen LogP contribution in [-0.4, -0.2) is 47.9 Å². The van der Waals surface area contributed by atoms with E-state index in [1.165, 1.54) is 4.90 Å². The Balaban J connectivity index is 1.59. The number of ether oxygens (including phenoxy) is 1. The number of carbonyl (C=O) groups is 3. The van der Waals surface area contributed by atoms with Crippen molar-refractivity contribution < 1.29 is 19.1 Å². The molecule has 4 aliphatic heterocycles. The number of hydrogen-bond donors (Lipinski definition) is 2. The molecule has 4 heterocycles. The van der Waals surface area contributed by atoms with Gasteiger partial charge in [0.2, 0.25) is 17.7 Å². The molecular formula is C21H25N3O4. The molecule has 3 fully saturated rings. The predicted octanol–water partition coefficient (Wildman–Crippen LogP) is 1.24. The highest BCUT2D eigenvalue weighted by Crippen LogP contribution is 2.53. The second-order valence-electron chi connectivity index (χ2n) is 8.65. The zero-order valence-corrected chi connectivity index (χ0v) is 16.1. The summed E-state index contributed by atoms with van der Waals surface area (Å²) in [4.78, 5) is 41.4. The minimum atomic E-state index is -1.19. The molecule has 148 valence electrons. The molecular weight excluding hydrogens is 358 g/mol. The van der Waals surface area contributed by atoms with Crippen LogP contribution in [0.4, 0.5) is 5.69 Å². The zero-order valence-electron chi connectivity index (χ0n) is 16.1. The second kappa shape index (κ2) is 6.12. The Bertz CT molecular complexity index is 863. The first-order valence-electron chi connectivity index (χ1n) is 10.1. The molecule has 0 aromatic heterocycles. The second-order valence-corrected chi connectivity index (χ2v) is 8.65. The van der Waals surface area contributed by atoms with E-state index in [0.717, 1.165) is 18.4 Å². The predicted molar refractivity (Wildman–Crippen MR) is 101 cm³/mol. The minimum Gasteiger partial charge on any atom is -0.376 e. The van der Waals surface area contributed by atoms with Crippen molar-refractivity contribution in [2.75, 3.05) is 18.5 Å². The number of rotatable bonds is 3. The highest BCUT2D eigenvalue weighted by Gasteiger charge is 2.70. The standard InChI is InChI=1S/C21H25N3O4/c1-11(2)17-15-16(19(26)24(18(15)25)10-12-6-5-9-28-12)21(23-17)13-7-3-4-8-14(13)22-20(21)27/h3-4,7-8,11-12,15-17,23H,5-6,9-10H2,1-2H3,(H,22,27)/t12-,15-,16+,17+,21+/m0/s1. The maximum Gasteiger partial charge on any atom is 0.250 e. The summed E-state index contributed by atoms with van der Waals surface area (Å²) >= 11 is 0. The molecule has 0 saturated carbocycles. The lowest BCUT2D eigenvalue weighted by Gasteiger charge is -2.30. The van der Waals surface area contributed by atoms with Crippen LogP contribution in [0.5, 0.6) is 0 Å². The number of anilines is 1. The number of amides is 3. The number of nitrogens with zero attached hydrogens (tertiary/aromatic N) is 1. The Kier molecular flexibility index (Phi) is 3.90. The molecule has 1 aromatic carbocycles. The summed E-state index contributed by atoms with van der Waals surface area (Å²) in [7, 11) is 0. The van der Waals surface area contributed by atoms with Crippen molar-refractivity contribution >= 4 is 23.4 Å². The van der Waals surface area contributed by atoms with Gasteiger partial charge in [-0.3, -0.25) is 24.6 Å². The molecule has 0 bridgehead atoms. The van der Waals surface area contributed by atoms with Crippen molar-refractivity contribution in [1.82, 2.24) is 10.2 Å². The van der Waals surface area contributed by atoms with Crippen molar-refractivity contribution in [2.45, 2.75) is 44.4 Å². The molecule has 3 saturated heterocycles. The zero-order chi connectivity index (χ0) is 19.6. The Labute approximate surface area is 163 Å². The number of imide groups is 1. The molecule has 28 heavy (non-hydrogen) atoms. The Hall–Kier alpha value is -2.25. The first-order chi connectivity index (χ1) is 13.4. The van der Waals surface area contributed by atoms with Gasteiger partial charge in [0.05, 0.1) is 24.5 Å². The van der Waals surface area contributed by atoms with Crippen LogP contribution in [0.25, 0.3) is 0 Å². The van der Waals surface area contributed by atoms with E-state index in [4.69, 9.17) is 4.74 Å². The van der Waals surface area contributed by atoms with Gasteiger partial charge in [-0.1, -0.05) is 32.0 Å². The average molecular weight is 383 g/mol. The summed E-state index contributed by atoms with van der Waals surface area (Å²) < 4.78 is 5.66. The molecule has 0 radical (unpaired) electrons. The number of benzene rings is 1. The van der Waals surface area contributed by atoms with Gasteiger partial charge in [-0.25, -0.2) is 0 Å². The number of carbonyl (C=O) groups excluding carboxylic acids is 3. The molecule has 4 aliphatic rings. The van der Waals surface area contributed by atoms with Gasteiger partial charge in [0.15, 0.2) is 0 Å². The van der Waals surface area contributed by atoms with Gasteiger partial charge in [-0.05, 0) is 24.8 Å². The number of para-hydroxylation sites is 1. The lowest BCUT2D eigenvalue weighted by Crippen LogP contribution is -2.54. The highest BCUT2D eigenvalue weighted by molar-refractivity contribution is 6.15. The third kappa shape index (κ3) is 2.20. The van der Waals surface area contributed by atoms with Gasteiger partial charge in [0.1, 0.15) is 5.54 Å². The van der Waals surface area contributed by atoms with Crippen LogP contribution in [0, 0.1) is 17.8 Å². The third-order valence-electron chi connectivity index (χ3n) is 6.78. The van der Waals surface area contributed by atoms with Crippen LogP contribution >= 0.6 is 0 Å². The first kappa shape index (κ1) is 17.8. The molecule has 2 N–H and O–H groups in total. The first-order valence-corrected chi connectivity index (χ1v) is 10.1. The Morgan fingerprint density at radius 3 is 2.71 bits per heavy atom. The van der Waals surface area contributed by atoms with Gasteiger partial charge >= 0.3 is 0 Å². The maximum absolute atomic E-state index is 13.5. The summed E-state index contributed by atoms with van der Waals surface area (Å²) in [5.74, 6) is -1.83. The van der Waals surface area contributed by atoms with Crippen molar-refractivity contribution in [3.05, 3.63) is 29.8 Å². The summed E-state index contributed by atoms with van der Waals surface area (Å²) in [6, 6.07) is 7.20. The Morgan fingerprint density at radius 1 is 1.21 bits per heavy atom.